The highest BCUT2D eigenvalue weighted by atomic mass is 16.5. The van der Waals surface area contributed by atoms with Crippen molar-refractivity contribution in [1.82, 2.24) is 9.97 Å². The van der Waals surface area contributed by atoms with E-state index in [1.54, 1.807) is 7.11 Å². The third-order valence-electron chi connectivity index (χ3n) is 3.57. The molecule has 1 aromatic heterocycles. The average molecular weight is 233 g/mol. The van der Waals surface area contributed by atoms with Gasteiger partial charge in [0, 0.05) is 31.8 Å². The molecule has 0 saturated heterocycles. The molecule has 0 bridgehead atoms. The Bertz CT molecular complexity index is 413. The Hall–Kier alpha value is -1.16. The Morgan fingerprint density at radius 3 is 2.59 bits per heavy atom. The maximum atomic E-state index is 5.56. The zero-order valence-corrected chi connectivity index (χ0v) is 10.4. The lowest BCUT2D eigenvalue weighted by Crippen LogP contribution is -2.11. The van der Waals surface area contributed by atoms with Gasteiger partial charge >= 0.3 is 0 Å². The standard InChI is InChI=1S/C13H19N3O/c1-14-11-7-10(8-3-4-8)15-13(16-11)12(17-2)9-5-6-9/h7-9,12H,3-6H2,1-2H3,(H,14,15,16). The number of ether oxygens (including phenoxy) is 1. The number of hydrogen-bond donors (Lipinski definition) is 1. The number of aromatic nitrogens is 2. The van der Waals surface area contributed by atoms with E-state index in [4.69, 9.17) is 9.72 Å². The van der Waals surface area contributed by atoms with Crippen molar-refractivity contribution in [2.75, 3.05) is 19.5 Å². The molecule has 1 heterocycles. The topological polar surface area (TPSA) is 47.0 Å². The Labute approximate surface area is 102 Å². The van der Waals surface area contributed by atoms with Crippen LogP contribution in [-0.2, 0) is 4.74 Å². The fourth-order valence-electron chi connectivity index (χ4n) is 2.24. The van der Waals surface area contributed by atoms with Gasteiger partial charge in [0.25, 0.3) is 0 Å². The molecular formula is C13H19N3O. The second kappa shape index (κ2) is 4.26. The van der Waals surface area contributed by atoms with Crippen molar-refractivity contribution in [1.29, 1.82) is 0 Å². The minimum atomic E-state index is 0.0841. The van der Waals surface area contributed by atoms with E-state index in [1.807, 2.05) is 7.05 Å². The van der Waals surface area contributed by atoms with Crippen LogP contribution >= 0.6 is 0 Å². The van der Waals surface area contributed by atoms with E-state index in [9.17, 15) is 0 Å². The zero-order valence-electron chi connectivity index (χ0n) is 10.4. The van der Waals surface area contributed by atoms with E-state index >= 15 is 0 Å². The highest BCUT2D eigenvalue weighted by Crippen LogP contribution is 2.44. The van der Waals surface area contributed by atoms with Crippen LogP contribution < -0.4 is 5.32 Å². The molecule has 17 heavy (non-hydrogen) atoms. The van der Waals surface area contributed by atoms with Crippen LogP contribution in [0.5, 0.6) is 0 Å². The summed E-state index contributed by atoms with van der Waals surface area (Å²) in [6.07, 6.45) is 5.09. The Morgan fingerprint density at radius 1 is 1.29 bits per heavy atom. The van der Waals surface area contributed by atoms with E-state index in [0.29, 0.717) is 11.8 Å². The van der Waals surface area contributed by atoms with Gasteiger partial charge in [0.1, 0.15) is 11.9 Å². The van der Waals surface area contributed by atoms with Gasteiger partial charge in [-0.1, -0.05) is 0 Å². The van der Waals surface area contributed by atoms with Crippen LogP contribution in [0.15, 0.2) is 6.07 Å². The van der Waals surface area contributed by atoms with Crippen LogP contribution in [-0.4, -0.2) is 24.1 Å². The molecule has 92 valence electrons. The number of anilines is 1. The van der Waals surface area contributed by atoms with Gasteiger partial charge in [-0.3, -0.25) is 0 Å². The molecule has 2 saturated carbocycles. The van der Waals surface area contributed by atoms with Crippen molar-refractivity contribution in [3.8, 4) is 0 Å². The van der Waals surface area contributed by atoms with Crippen molar-refractivity contribution >= 4 is 5.82 Å². The predicted octanol–water partition coefficient (Wildman–Crippen LogP) is 2.49. The fourth-order valence-corrected chi connectivity index (χ4v) is 2.24. The summed E-state index contributed by atoms with van der Waals surface area (Å²) in [5.74, 6) is 3.06. The maximum Gasteiger partial charge on any atom is 0.160 e. The minimum Gasteiger partial charge on any atom is -0.373 e. The van der Waals surface area contributed by atoms with Gasteiger partial charge in [0.2, 0.25) is 0 Å². The summed E-state index contributed by atoms with van der Waals surface area (Å²) in [5, 5.41) is 3.12. The first-order valence-corrected chi connectivity index (χ1v) is 6.41. The second-order valence-corrected chi connectivity index (χ2v) is 5.05. The second-order valence-electron chi connectivity index (χ2n) is 5.05. The third kappa shape index (κ3) is 2.27. The van der Waals surface area contributed by atoms with Crippen molar-refractivity contribution in [2.24, 2.45) is 5.92 Å². The number of hydrogen-bond acceptors (Lipinski definition) is 4. The van der Waals surface area contributed by atoms with Crippen molar-refractivity contribution in [2.45, 2.75) is 37.7 Å². The van der Waals surface area contributed by atoms with E-state index in [0.717, 1.165) is 11.6 Å². The SMILES string of the molecule is CNc1cc(C2CC2)nc(C(OC)C2CC2)n1. The van der Waals surface area contributed by atoms with Gasteiger partial charge in [-0.2, -0.15) is 0 Å². The number of rotatable bonds is 5. The molecular weight excluding hydrogens is 214 g/mol. The molecule has 4 nitrogen and oxygen atoms in total. The summed E-state index contributed by atoms with van der Waals surface area (Å²) in [6, 6.07) is 2.07. The molecule has 1 atom stereocenters. The van der Waals surface area contributed by atoms with Gasteiger partial charge in [-0.15, -0.1) is 0 Å². The number of nitrogens with zero attached hydrogens (tertiary/aromatic N) is 2. The monoisotopic (exact) mass is 233 g/mol. The molecule has 3 rings (SSSR count). The zero-order chi connectivity index (χ0) is 11.8. The molecule has 0 spiro atoms. The van der Waals surface area contributed by atoms with Crippen LogP contribution in [0, 0.1) is 5.92 Å². The van der Waals surface area contributed by atoms with Gasteiger partial charge in [0.15, 0.2) is 5.82 Å². The van der Waals surface area contributed by atoms with E-state index < -0.39 is 0 Å². The Morgan fingerprint density at radius 2 is 2.06 bits per heavy atom. The largest absolute Gasteiger partial charge is 0.373 e. The quantitative estimate of drug-likeness (QED) is 0.848. The van der Waals surface area contributed by atoms with Crippen LogP contribution in [0.2, 0.25) is 0 Å². The third-order valence-corrected chi connectivity index (χ3v) is 3.57. The van der Waals surface area contributed by atoms with E-state index in [1.165, 1.54) is 31.4 Å². The highest BCUT2D eigenvalue weighted by molar-refractivity contribution is 5.37. The van der Waals surface area contributed by atoms with Crippen LogP contribution in [0.4, 0.5) is 5.82 Å². The summed E-state index contributed by atoms with van der Waals surface area (Å²) in [4.78, 5) is 9.25. The molecule has 4 heteroatoms. The van der Waals surface area contributed by atoms with Gasteiger partial charge in [-0.05, 0) is 31.6 Å². The molecule has 2 fully saturated rings. The molecule has 1 aromatic rings. The van der Waals surface area contributed by atoms with E-state index in [2.05, 4.69) is 16.4 Å². The average Bonchev–Trinajstić information content (AvgIpc) is 3.20. The first-order valence-electron chi connectivity index (χ1n) is 6.41. The summed E-state index contributed by atoms with van der Waals surface area (Å²) >= 11 is 0. The van der Waals surface area contributed by atoms with Crippen LogP contribution in [0.1, 0.15) is 49.2 Å². The lowest BCUT2D eigenvalue weighted by Gasteiger charge is -2.15. The highest BCUT2D eigenvalue weighted by Gasteiger charge is 2.35. The first-order chi connectivity index (χ1) is 8.31. The Balaban J connectivity index is 1.92. The van der Waals surface area contributed by atoms with Gasteiger partial charge < -0.3 is 10.1 Å². The van der Waals surface area contributed by atoms with Gasteiger partial charge in [-0.25, -0.2) is 9.97 Å². The molecule has 2 aliphatic rings. The van der Waals surface area contributed by atoms with Crippen molar-refractivity contribution in [3.63, 3.8) is 0 Å². The summed E-state index contributed by atoms with van der Waals surface area (Å²) in [7, 11) is 3.66. The molecule has 2 aliphatic carbocycles. The van der Waals surface area contributed by atoms with Crippen LogP contribution in [0.25, 0.3) is 0 Å². The smallest absolute Gasteiger partial charge is 0.160 e. The fraction of sp³-hybridized carbons (Fsp3) is 0.692. The van der Waals surface area contributed by atoms with Crippen LogP contribution in [0.3, 0.4) is 0 Å². The molecule has 1 unspecified atom stereocenters. The molecule has 0 aromatic carbocycles. The lowest BCUT2D eigenvalue weighted by atomic mass is 10.2. The molecule has 0 radical (unpaired) electrons. The molecule has 1 N–H and O–H groups in total. The first kappa shape index (κ1) is 11.0. The molecule has 0 amide bonds. The Kier molecular flexibility index (Phi) is 2.74. The van der Waals surface area contributed by atoms with Gasteiger partial charge in [0.05, 0.1) is 0 Å². The lowest BCUT2D eigenvalue weighted by molar-refractivity contribution is 0.0771. The summed E-state index contributed by atoms with van der Waals surface area (Å²) in [6.45, 7) is 0. The maximum absolute atomic E-state index is 5.56. The summed E-state index contributed by atoms with van der Waals surface area (Å²) < 4.78 is 5.56. The van der Waals surface area contributed by atoms with E-state index in [-0.39, 0.29) is 6.10 Å². The predicted molar refractivity (Wildman–Crippen MR) is 66.0 cm³/mol. The normalized spacial score (nSPS) is 21.3. The number of nitrogens with one attached hydrogen (secondary N) is 1. The van der Waals surface area contributed by atoms with Crippen molar-refractivity contribution < 1.29 is 4.74 Å². The summed E-state index contributed by atoms with van der Waals surface area (Å²) in [5.41, 5.74) is 1.18. The van der Waals surface area contributed by atoms with Crippen molar-refractivity contribution in [3.05, 3.63) is 17.6 Å². The molecule has 0 aliphatic heterocycles. The number of methoxy groups -OCH3 is 1. The minimum absolute atomic E-state index is 0.0841.